The molecule has 2 heterocycles. The number of fused-ring (bicyclic) bond motifs is 1. The van der Waals surface area contributed by atoms with Gasteiger partial charge in [0.05, 0.1) is 0 Å². The van der Waals surface area contributed by atoms with Crippen LogP contribution in [-0.2, 0) is 9.84 Å². The number of sulfone groups is 1. The van der Waals surface area contributed by atoms with Crippen LogP contribution in [0.5, 0.6) is 0 Å². The minimum Gasteiger partial charge on any atom is -0.368 e. The third kappa shape index (κ3) is 2.89. The van der Waals surface area contributed by atoms with Gasteiger partial charge >= 0.3 is 0 Å². The number of anilines is 1. The molecule has 11 heteroatoms. The summed E-state index contributed by atoms with van der Waals surface area (Å²) in [6.07, 6.45) is 0.994. The van der Waals surface area contributed by atoms with Crippen LogP contribution < -0.4 is 5.73 Å². The van der Waals surface area contributed by atoms with E-state index >= 15 is 0 Å². The molecule has 0 amide bonds. The lowest BCUT2D eigenvalue weighted by atomic mass is 10.1. The SMILES string of the molecule is Cc1c(Cl)cc(Br)cc1-c1nc2nc(S(C)(=O)=O)nc(N)n2n1. The van der Waals surface area contributed by atoms with Crippen LogP contribution in [0.2, 0.25) is 5.02 Å². The highest BCUT2D eigenvalue weighted by Crippen LogP contribution is 2.30. The number of nitrogen functional groups attached to an aromatic ring is 1. The van der Waals surface area contributed by atoms with Crippen molar-refractivity contribution in [2.75, 3.05) is 12.0 Å². The van der Waals surface area contributed by atoms with E-state index in [4.69, 9.17) is 17.3 Å². The van der Waals surface area contributed by atoms with Crippen LogP contribution >= 0.6 is 27.5 Å². The van der Waals surface area contributed by atoms with Crippen LogP contribution in [-0.4, -0.2) is 39.2 Å². The van der Waals surface area contributed by atoms with Crippen LogP contribution in [0.15, 0.2) is 21.8 Å². The van der Waals surface area contributed by atoms with Crippen LogP contribution in [0, 0.1) is 6.92 Å². The Labute approximate surface area is 144 Å². The molecule has 8 nitrogen and oxygen atoms in total. The van der Waals surface area contributed by atoms with Crippen molar-refractivity contribution in [3.63, 3.8) is 0 Å². The molecule has 23 heavy (non-hydrogen) atoms. The summed E-state index contributed by atoms with van der Waals surface area (Å²) in [4.78, 5) is 11.9. The number of halogens is 2. The summed E-state index contributed by atoms with van der Waals surface area (Å²) in [6, 6.07) is 3.56. The second-order valence-electron chi connectivity index (χ2n) is 4.84. The fourth-order valence-corrected chi connectivity index (χ4v) is 3.26. The van der Waals surface area contributed by atoms with Gasteiger partial charge in [-0.25, -0.2) is 8.42 Å². The summed E-state index contributed by atoms with van der Waals surface area (Å²) in [5, 5.41) is 4.38. The van der Waals surface area contributed by atoms with Crippen molar-refractivity contribution in [3.8, 4) is 11.4 Å². The average Bonchev–Trinajstić information content (AvgIpc) is 2.86. The number of nitrogens with zero attached hydrogens (tertiary/aromatic N) is 5. The van der Waals surface area contributed by atoms with E-state index in [0.29, 0.717) is 16.4 Å². The largest absolute Gasteiger partial charge is 0.368 e. The maximum Gasteiger partial charge on any atom is 0.258 e. The number of aromatic nitrogens is 5. The fraction of sp³-hybridized carbons (Fsp3) is 0.167. The summed E-state index contributed by atoms with van der Waals surface area (Å²) in [7, 11) is -3.61. The van der Waals surface area contributed by atoms with Gasteiger partial charge in [-0.3, -0.25) is 0 Å². The molecular weight excluding hydrogens is 408 g/mol. The molecule has 2 N–H and O–H groups in total. The molecule has 3 aromatic rings. The number of nitrogens with two attached hydrogens (primary N) is 1. The molecule has 3 rings (SSSR count). The van der Waals surface area contributed by atoms with Gasteiger partial charge in [0.25, 0.3) is 10.9 Å². The third-order valence-corrected chi connectivity index (χ3v) is 4.79. The normalized spacial score (nSPS) is 12.0. The van der Waals surface area contributed by atoms with Gasteiger partial charge in [0.15, 0.2) is 5.82 Å². The van der Waals surface area contributed by atoms with Crippen molar-refractivity contribution in [3.05, 3.63) is 27.2 Å². The monoisotopic (exact) mass is 416 g/mol. The summed E-state index contributed by atoms with van der Waals surface area (Å²) >= 11 is 9.52. The predicted molar refractivity (Wildman–Crippen MR) is 89.0 cm³/mol. The number of benzene rings is 1. The lowest BCUT2D eigenvalue weighted by molar-refractivity contribution is 0.592. The Kier molecular flexibility index (Phi) is 3.77. The van der Waals surface area contributed by atoms with Crippen LogP contribution in [0.1, 0.15) is 5.56 Å². The molecule has 2 aromatic heterocycles. The first kappa shape index (κ1) is 16.1. The molecule has 120 valence electrons. The Morgan fingerprint density at radius 1 is 1.26 bits per heavy atom. The summed E-state index contributed by atoms with van der Waals surface area (Å²) in [6.45, 7) is 1.83. The first-order chi connectivity index (χ1) is 10.7. The van der Waals surface area contributed by atoms with Crippen molar-refractivity contribution in [2.24, 2.45) is 0 Å². The first-order valence-corrected chi connectivity index (χ1v) is 9.29. The van der Waals surface area contributed by atoms with Crippen LogP contribution in [0.4, 0.5) is 5.95 Å². The van der Waals surface area contributed by atoms with E-state index in [-0.39, 0.29) is 11.7 Å². The van der Waals surface area contributed by atoms with Crippen molar-refractivity contribution >= 4 is 49.1 Å². The molecular formula is C12H10BrClN6O2S. The van der Waals surface area contributed by atoms with E-state index in [1.807, 2.05) is 6.92 Å². The predicted octanol–water partition coefficient (Wildman–Crippen LogP) is 1.90. The Morgan fingerprint density at radius 2 is 1.96 bits per heavy atom. The van der Waals surface area contributed by atoms with Gasteiger partial charge in [-0.2, -0.15) is 19.5 Å². The Balaban J connectivity index is 2.28. The molecule has 0 bridgehead atoms. The van der Waals surface area contributed by atoms with E-state index in [9.17, 15) is 8.42 Å². The highest BCUT2D eigenvalue weighted by Gasteiger charge is 2.19. The Morgan fingerprint density at radius 3 is 2.61 bits per heavy atom. The summed E-state index contributed by atoms with van der Waals surface area (Å²) in [5.74, 6) is 0.244. The molecule has 0 radical (unpaired) electrons. The van der Waals surface area contributed by atoms with Gasteiger partial charge in [-0.15, -0.1) is 5.10 Å². The van der Waals surface area contributed by atoms with E-state index in [1.165, 1.54) is 4.52 Å². The summed E-state index contributed by atoms with van der Waals surface area (Å²) < 4.78 is 25.1. The van der Waals surface area contributed by atoms with Gasteiger partial charge < -0.3 is 5.73 Å². The fourth-order valence-electron chi connectivity index (χ4n) is 1.94. The van der Waals surface area contributed by atoms with E-state index in [1.54, 1.807) is 12.1 Å². The standard InChI is InChI=1S/C12H10BrClN6O2S/c1-5-7(3-6(13)4-8(5)14)9-16-11-18-12(23(2,21)22)17-10(15)20(11)19-9/h3-4H,1-2H3,(H2,15,16,17,18,19). The van der Waals surface area contributed by atoms with E-state index < -0.39 is 15.0 Å². The van der Waals surface area contributed by atoms with Crippen molar-refractivity contribution < 1.29 is 8.42 Å². The number of hydrogen-bond acceptors (Lipinski definition) is 7. The van der Waals surface area contributed by atoms with Gasteiger partial charge in [0, 0.05) is 21.3 Å². The van der Waals surface area contributed by atoms with Crippen molar-refractivity contribution in [1.29, 1.82) is 0 Å². The first-order valence-electron chi connectivity index (χ1n) is 6.23. The Bertz CT molecular complexity index is 1050. The second-order valence-corrected chi connectivity index (χ2v) is 8.08. The zero-order chi connectivity index (χ0) is 16.9. The molecule has 0 spiro atoms. The topological polar surface area (TPSA) is 116 Å². The maximum absolute atomic E-state index is 11.6. The average molecular weight is 418 g/mol. The zero-order valence-electron chi connectivity index (χ0n) is 11.9. The molecule has 0 saturated heterocycles. The Hall–Kier alpha value is -1.78. The van der Waals surface area contributed by atoms with Crippen molar-refractivity contribution in [2.45, 2.75) is 12.1 Å². The smallest absolute Gasteiger partial charge is 0.258 e. The molecule has 0 aliphatic heterocycles. The number of hydrogen-bond donors (Lipinski definition) is 1. The summed E-state index contributed by atoms with van der Waals surface area (Å²) in [5.41, 5.74) is 7.21. The van der Waals surface area contributed by atoms with Crippen molar-refractivity contribution in [1.82, 2.24) is 24.6 Å². The lowest BCUT2D eigenvalue weighted by Gasteiger charge is -2.04. The van der Waals surface area contributed by atoms with Gasteiger partial charge in [0.1, 0.15) is 0 Å². The van der Waals surface area contributed by atoms with E-state index in [0.717, 1.165) is 16.3 Å². The minimum atomic E-state index is -3.61. The van der Waals surface area contributed by atoms with Gasteiger partial charge in [0.2, 0.25) is 15.8 Å². The molecule has 0 aliphatic carbocycles. The molecule has 0 fully saturated rings. The molecule has 0 atom stereocenters. The third-order valence-electron chi connectivity index (χ3n) is 3.09. The van der Waals surface area contributed by atoms with Gasteiger partial charge in [-0.1, -0.05) is 27.5 Å². The maximum atomic E-state index is 11.6. The van der Waals surface area contributed by atoms with Gasteiger partial charge in [-0.05, 0) is 24.6 Å². The van der Waals surface area contributed by atoms with E-state index in [2.05, 4.69) is 36.0 Å². The second kappa shape index (κ2) is 5.39. The lowest BCUT2D eigenvalue weighted by Crippen LogP contribution is -2.11. The molecule has 0 saturated carbocycles. The van der Waals surface area contributed by atoms with Crippen LogP contribution in [0.25, 0.3) is 17.2 Å². The molecule has 0 unspecified atom stereocenters. The quantitative estimate of drug-likeness (QED) is 0.676. The minimum absolute atomic E-state index is 0.0448. The number of rotatable bonds is 2. The highest BCUT2D eigenvalue weighted by atomic mass is 79.9. The highest BCUT2D eigenvalue weighted by molar-refractivity contribution is 9.10. The zero-order valence-corrected chi connectivity index (χ0v) is 15.1. The molecule has 1 aromatic carbocycles. The molecule has 0 aliphatic rings. The van der Waals surface area contributed by atoms with Crippen LogP contribution in [0.3, 0.4) is 0 Å².